The number of fused-ring (bicyclic) bond motifs is 3. The van der Waals surface area contributed by atoms with E-state index in [9.17, 15) is 0 Å². The molecule has 4 rings (SSSR count). The minimum Gasteiger partial charge on any atom is -0.359 e. The molecule has 0 fully saturated rings. The summed E-state index contributed by atoms with van der Waals surface area (Å²) < 4.78 is 2.86. The van der Waals surface area contributed by atoms with Gasteiger partial charge < -0.3 is 5.32 Å². The second kappa shape index (κ2) is 4.42. The van der Waals surface area contributed by atoms with Gasteiger partial charge in [-0.05, 0) is 40.3 Å². The topological polar surface area (TPSA) is 55.6 Å². The summed E-state index contributed by atoms with van der Waals surface area (Å²) in [6.07, 6.45) is -0.0944. The van der Waals surface area contributed by atoms with Crippen LogP contribution in [0.15, 0.2) is 53.0 Å². The minimum atomic E-state index is -0.0944. The van der Waals surface area contributed by atoms with Gasteiger partial charge in [0.1, 0.15) is 0 Å². The molecular formula is C14H10BrN5. The lowest BCUT2D eigenvalue weighted by molar-refractivity contribution is 0.553. The van der Waals surface area contributed by atoms with Crippen LogP contribution in [0.3, 0.4) is 0 Å². The largest absolute Gasteiger partial charge is 0.359 e. The molecular weight excluding hydrogens is 318 g/mol. The number of para-hydroxylation sites is 1. The van der Waals surface area contributed by atoms with Crippen molar-refractivity contribution < 1.29 is 0 Å². The van der Waals surface area contributed by atoms with E-state index >= 15 is 0 Å². The summed E-state index contributed by atoms with van der Waals surface area (Å²) in [6.45, 7) is 0. The van der Waals surface area contributed by atoms with Crippen LogP contribution in [0.25, 0.3) is 11.4 Å². The Bertz CT molecular complexity index is 765. The number of aromatic nitrogens is 4. The molecule has 5 nitrogen and oxygen atoms in total. The second-order valence-electron chi connectivity index (χ2n) is 4.59. The monoisotopic (exact) mass is 327 g/mol. The molecule has 0 spiro atoms. The zero-order valence-corrected chi connectivity index (χ0v) is 11.9. The number of benzene rings is 2. The van der Waals surface area contributed by atoms with Crippen LogP contribution in [0.4, 0.5) is 5.69 Å². The standard InChI is InChI=1S/C14H10BrN5/c15-10-7-5-9(6-8-10)13-16-12-4-2-1-3-11(12)14-17-18-19-20(13)14/h1-8,13,16H. The van der Waals surface area contributed by atoms with Crippen molar-refractivity contribution in [2.45, 2.75) is 6.17 Å². The highest BCUT2D eigenvalue weighted by Crippen LogP contribution is 2.36. The quantitative estimate of drug-likeness (QED) is 0.746. The molecule has 3 aromatic rings. The van der Waals surface area contributed by atoms with E-state index in [1.54, 1.807) is 0 Å². The summed E-state index contributed by atoms with van der Waals surface area (Å²) in [5, 5.41) is 15.6. The summed E-state index contributed by atoms with van der Waals surface area (Å²) >= 11 is 3.45. The number of nitrogens with zero attached hydrogens (tertiary/aromatic N) is 4. The molecule has 0 radical (unpaired) electrons. The van der Waals surface area contributed by atoms with Gasteiger partial charge in [-0.25, -0.2) is 0 Å². The van der Waals surface area contributed by atoms with Gasteiger partial charge in [0.15, 0.2) is 12.0 Å². The van der Waals surface area contributed by atoms with Gasteiger partial charge in [-0.15, -0.1) is 5.10 Å². The first-order chi connectivity index (χ1) is 9.83. The third-order valence-corrected chi connectivity index (χ3v) is 3.91. The Kier molecular flexibility index (Phi) is 2.56. The van der Waals surface area contributed by atoms with Crippen LogP contribution in [-0.4, -0.2) is 20.2 Å². The van der Waals surface area contributed by atoms with Crippen LogP contribution < -0.4 is 5.32 Å². The summed E-state index contributed by atoms with van der Waals surface area (Å²) in [5.41, 5.74) is 3.17. The Balaban J connectivity index is 1.87. The molecule has 1 N–H and O–H groups in total. The van der Waals surface area contributed by atoms with Crippen molar-refractivity contribution in [3.63, 3.8) is 0 Å². The van der Waals surface area contributed by atoms with Gasteiger partial charge in [0.25, 0.3) is 0 Å². The van der Waals surface area contributed by atoms with Crippen LogP contribution >= 0.6 is 15.9 Å². The third-order valence-electron chi connectivity index (χ3n) is 3.38. The molecule has 98 valence electrons. The number of hydrogen-bond acceptors (Lipinski definition) is 4. The first-order valence-corrected chi connectivity index (χ1v) is 7.01. The molecule has 2 heterocycles. The molecule has 0 saturated heterocycles. The van der Waals surface area contributed by atoms with Crippen LogP contribution in [0, 0.1) is 0 Å². The fourth-order valence-corrected chi connectivity index (χ4v) is 2.69. The van der Waals surface area contributed by atoms with E-state index in [-0.39, 0.29) is 6.17 Å². The first-order valence-electron chi connectivity index (χ1n) is 6.22. The van der Waals surface area contributed by atoms with Crippen molar-refractivity contribution >= 4 is 21.6 Å². The zero-order chi connectivity index (χ0) is 13.5. The number of tetrazole rings is 1. The highest BCUT2D eigenvalue weighted by atomic mass is 79.9. The molecule has 0 amide bonds. The number of halogens is 1. The fourth-order valence-electron chi connectivity index (χ4n) is 2.43. The van der Waals surface area contributed by atoms with Gasteiger partial charge in [-0.2, -0.15) is 4.68 Å². The third kappa shape index (κ3) is 1.72. The molecule has 2 aromatic carbocycles. The lowest BCUT2D eigenvalue weighted by Crippen LogP contribution is -2.25. The summed E-state index contributed by atoms with van der Waals surface area (Å²) in [7, 11) is 0. The molecule has 1 unspecified atom stereocenters. The van der Waals surface area contributed by atoms with E-state index in [2.05, 4.69) is 48.9 Å². The van der Waals surface area contributed by atoms with Crippen molar-refractivity contribution in [2.24, 2.45) is 0 Å². The maximum atomic E-state index is 4.14. The molecule has 6 heteroatoms. The Hall–Kier alpha value is -2.21. The van der Waals surface area contributed by atoms with Crippen LogP contribution in [0.2, 0.25) is 0 Å². The molecule has 20 heavy (non-hydrogen) atoms. The molecule has 1 aromatic heterocycles. The minimum absolute atomic E-state index is 0.0944. The highest BCUT2D eigenvalue weighted by Gasteiger charge is 2.27. The Morgan fingerprint density at radius 2 is 1.85 bits per heavy atom. The van der Waals surface area contributed by atoms with Gasteiger partial charge in [-0.1, -0.05) is 40.2 Å². The molecule has 1 aliphatic heterocycles. The molecule has 0 bridgehead atoms. The lowest BCUT2D eigenvalue weighted by atomic mass is 10.1. The lowest BCUT2D eigenvalue weighted by Gasteiger charge is -2.27. The molecule has 0 aliphatic carbocycles. The van der Waals surface area contributed by atoms with E-state index < -0.39 is 0 Å². The predicted molar refractivity (Wildman–Crippen MR) is 79.2 cm³/mol. The van der Waals surface area contributed by atoms with Gasteiger partial charge >= 0.3 is 0 Å². The van der Waals surface area contributed by atoms with Gasteiger partial charge in [0, 0.05) is 15.7 Å². The highest BCUT2D eigenvalue weighted by molar-refractivity contribution is 9.10. The van der Waals surface area contributed by atoms with E-state index in [1.165, 1.54) is 0 Å². The Morgan fingerprint density at radius 1 is 1.05 bits per heavy atom. The van der Waals surface area contributed by atoms with E-state index in [0.29, 0.717) is 0 Å². The van der Waals surface area contributed by atoms with Gasteiger partial charge in [0.2, 0.25) is 0 Å². The SMILES string of the molecule is Brc1ccc(C2Nc3ccccc3-c3nnnn32)cc1. The summed E-state index contributed by atoms with van der Waals surface area (Å²) in [5.74, 6) is 0.785. The summed E-state index contributed by atoms with van der Waals surface area (Å²) in [4.78, 5) is 0. The van der Waals surface area contributed by atoms with Crippen molar-refractivity contribution in [3.05, 3.63) is 58.6 Å². The zero-order valence-electron chi connectivity index (χ0n) is 10.4. The normalized spacial score (nSPS) is 16.1. The average molecular weight is 328 g/mol. The first kappa shape index (κ1) is 11.6. The Labute approximate surface area is 123 Å². The van der Waals surface area contributed by atoms with Crippen LogP contribution in [-0.2, 0) is 0 Å². The number of rotatable bonds is 1. The predicted octanol–water partition coefficient (Wildman–Crippen LogP) is 3.08. The van der Waals surface area contributed by atoms with Crippen molar-refractivity contribution in [1.29, 1.82) is 0 Å². The molecule has 1 atom stereocenters. The number of nitrogens with one attached hydrogen (secondary N) is 1. The fraction of sp³-hybridized carbons (Fsp3) is 0.0714. The molecule has 0 saturated carbocycles. The Morgan fingerprint density at radius 3 is 2.70 bits per heavy atom. The van der Waals surface area contributed by atoms with E-state index in [4.69, 9.17) is 0 Å². The number of hydrogen-bond donors (Lipinski definition) is 1. The van der Waals surface area contributed by atoms with E-state index in [0.717, 1.165) is 27.1 Å². The second-order valence-corrected chi connectivity index (χ2v) is 5.51. The number of anilines is 1. The van der Waals surface area contributed by atoms with Crippen molar-refractivity contribution in [2.75, 3.05) is 5.32 Å². The summed E-state index contributed by atoms with van der Waals surface area (Å²) in [6, 6.07) is 16.2. The van der Waals surface area contributed by atoms with Crippen LogP contribution in [0.5, 0.6) is 0 Å². The van der Waals surface area contributed by atoms with Crippen molar-refractivity contribution in [1.82, 2.24) is 20.2 Å². The van der Waals surface area contributed by atoms with E-state index in [1.807, 2.05) is 41.1 Å². The molecule has 1 aliphatic rings. The van der Waals surface area contributed by atoms with Crippen molar-refractivity contribution in [3.8, 4) is 11.4 Å². The maximum absolute atomic E-state index is 4.14. The smallest absolute Gasteiger partial charge is 0.186 e. The van der Waals surface area contributed by atoms with Gasteiger partial charge in [-0.3, -0.25) is 0 Å². The average Bonchev–Trinajstić information content (AvgIpc) is 2.97. The van der Waals surface area contributed by atoms with Gasteiger partial charge in [0.05, 0.1) is 0 Å². The van der Waals surface area contributed by atoms with Crippen LogP contribution in [0.1, 0.15) is 11.7 Å². The maximum Gasteiger partial charge on any atom is 0.186 e.